The molecule has 0 aliphatic heterocycles. The molecule has 1 N–H and O–H groups in total. The molecule has 0 bridgehead atoms. The second-order valence-corrected chi connectivity index (χ2v) is 3.69. The van der Waals surface area contributed by atoms with Crippen molar-refractivity contribution in [2.75, 3.05) is 0 Å². The molecule has 0 amide bonds. The normalized spacial score (nSPS) is 11.6. The molecule has 0 aliphatic carbocycles. The maximum absolute atomic E-state index is 11.6. The Balaban J connectivity index is 2.17. The highest BCUT2D eigenvalue weighted by Crippen LogP contribution is 2.16. The molecule has 0 fully saturated rings. The van der Waals surface area contributed by atoms with Gasteiger partial charge in [0.25, 0.3) is 0 Å². The van der Waals surface area contributed by atoms with Crippen LogP contribution in [-0.4, -0.2) is 22.0 Å². The lowest BCUT2D eigenvalue weighted by atomic mass is 10.2. The first-order chi connectivity index (χ1) is 8.70. The van der Waals surface area contributed by atoms with Gasteiger partial charge in [-0.15, -0.1) is 0 Å². The van der Waals surface area contributed by atoms with Crippen molar-refractivity contribution in [3.63, 3.8) is 0 Å². The molecule has 0 spiro atoms. The molecular weight excluding hydrogens is 230 g/mol. The monoisotopic (exact) mass is 241 g/mol. The van der Waals surface area contributed by atoms with Gasteiger partial charge in [-0.3, -0.25) is 4.98 Å². The highest BCUT2D eigenvalue weighted by Gasteiger charge is 2.13. The fraction of sp³-hybridized carbons (Fsp3) is 0.154. The molecule has 5 nitrogen and oxygen atoms in total. The summed E-state index contributed by atoms with van der Waals surface area (Å²) in [5.41, 5.74) is 1.84. The SMILES string of the molecule is CC(C#N)OC(=O)c1c[nH]c(-c2ccccn2)c1. The second kappa shape index (κ2) is 5.15. The Morgan fingerprint density at radius 1 is 1.56 bits per heavy atom. The standard InChI is InChI=1S/C13H11N3O2/c1-9(7-14)18-13(17)10-6-12(16-8-10)11-4-2-3-5-15-11/h2-6,8-9,16H,1H3. The molecule has 1 atom stereocenters. The van der Waals surface area contributed by atoms with Crippen molar-refractivity contribution in [1.82, 2.24) is 9.97 Å². The summed E-state index contributed by atoms with van der Waals surface area (Å²) in [5, 5.41) is 8.57. The van der Waals surface area contributed by atoms with E-state index < -0.39 is 12.1 Å². The molecule has 2 aromatic heterocycles. The number of carbonyl (C=O) groups excluding carboxylic acids is 1. The summed E-state index contributed by atoms with van der Waals surface area (Å²) >= 11 is 0. The molecule has 0 aromatic carbocycles. The van der Waals surface area contributed by atoms with Gasteiger partial charge in [-0.05, 0) is 25.1 Å². The molecule has 0 saturated heterocycles. The van der Waals surface area contributed by atoms with E-state index in [0.717, 1.165) is 11.4 Å². The molecule has 2 heterocycles. The lowest BCUT2D eigenvalue weighted by Crippen LogP contribution is -2.12. The van der Waals surface area contributed by atoms with Gasteiger partial charge in [0.2, 0.25) is 0 Å². The van der Waals surface area contributed by atoms with Crippen LogP contribution in [0.1, 0.15) is 17.3 Å². The molecule has 18 heavy (non-hydrogen) atoms. The van der Waals surface area contributed by atoms with Gasteiger partial charge in [0.15, 0.2) is 6.10 Å². The van der Waals surface area contributed by atoms with Crippen molar-refractivity contribution in [1.29, 1.82) is 5.26 Å². The maximum atomic E-state index is 11.6. The number of nitrogens with one attached hydrogen (secondary N) is 1. The first-order valence-corrected chi connectivity index (χ1v) is 5.41. The lowest BCUT2D eigenvalue weighted by Gasteiger charge is -2.03. The first-order valence-electron chi connectivity index (χ1n) is 5.41. The quantitative estimate of drug-likeness (QED) is 0.835. The van der Waals surface area contributed by atoms with E-state index in [2.05, 4.69) is 9.97 Å². The van der Waals surface area contributed by atoms with Gasteiger partial charge in [0.1, 0.15) is 6.07 Å². The van der Waals surface area contributed by atoms with Crippen LogP contribution in [0.25, 0.3) is 11.4 Å². The highest BCUT2D eigenvalue weighted by atomic mass is 16.5. The van der Waals surface area contributed by atoms with Crippen LogP contribution < -0.4 is 0 Å². The minimum Gasteiger partial charge on any atom is -0.444 e. The zero-order valence-electron chi connectivity index (χ0n) is 9.75. The van der Waals surface area contributed by atoms with Crippen molar-refractivity contribution in [3.05, 3.63) is 42.2 Å². The van der Waals surface area contributed by atoms with E-state index in [-0.39, 0.29) is 0 Å². The number of H-pyrrole nitrogens is 1. The summed E-state index contributed by atoms with van der Waals surface area (Å²) in [6, 6.07) is 8.99. The number of esters is 1. The third-order valence-corrected chi connectivity index (χ3v) is 2.33. The zero-order chi connectivity index (χ0) is 13.0. The lowest BCUT2D eigenvalue weighted by molar-refractivity contribution is 0.0436. The highest BCUT2D eigenvalue weighted by molar-refractivity contribution is 5.90. The van der Waals surface area contributed by atoms with E-state index >= 15 is 0 Å². The Kier molecular flexibility index (Phi) is 3.39. The van der Waals surface area contributed by atoms with Crippen LogP contribution in [-0.2, 0) is 4.74 Å². The Hall–Kier alpha value is -2.61. The number of aromatic nitrogens is 2. The molecule has 2 rings (SSSR count). The molecule has 0 aliphatic rings. The average Bonchev–Trinajstić information content (AvgIpc) is 2.89. The second-order valence-electron chi connectivity index (χ2n) is 3.69. The van der Waals surface area contributed by atoms with Gasteiger partial charge in [-0.25, -0.2) is 4.79 Å². The fourth-order valence-corrected chi connectivity index (χ4v) is 1.44. The van der Waals surface area contributed by atoms with E-state index in [9.17, 15) is 4.79 Å². The number of nitriles is 1. The molecular formula is C13H11N3O2. The molecule has 2 aromatic rings. The van der Waals surface area contributed by atoms with Gasteiger partial charge in [0.05, 0.1) is 17.0 Å². The number of hydrogen-bond donors (Lipinski definition) is 1. The smallest absolute Gasteiger partial charge is 0.340 e. The van der Waals surface area contributed by atoms with Gasteiger partial charge in [-0.1, -0.05) is 6.07 Å². The topological polar surface area (TPSA) is 78.8 Å². The minimum atomic E-state index is -0.759. The Bertz CT molecular complexity index is 584. The largest absolute Gasteiger partial charge is 0.444 e. The summed E-state index contributed by atoms with van der Waals surface area (Å²) in [7, 11) is 0. The minimum absolute atomic E-state index is 0.373. The summed E-state index contributed by atoms with van der Waals surface area (Å²) < 4.78 is 4.89. The predicted octanol–water partition coefficient (Wildman–Crippen LogP) is 2.15. The number of pyridine rings is 1. The fourth-order valence-electron chi connectivity index (χ4n) is 1.44. The van der Waals surface area contributed by atoms with Crippen LogP contribution in [0.3, 0.4) is 0 Å². The molecule has 90 valence electrons. The number of carbonyl (C=O) groups is 1. The Labute approximate surface area is 104 Å². The van der Waals surface area contributed by atoms with Crippen LogP contribution in [0.15, 0.2) is 36.7 Å². The number of ether oxygens (including phenoxy) is 1. The van der Waals surface area contributed by atoms with Gasteiger partial charge >= 0.3 is 5.97 Å². The van der Waals surface area contributed by atoms with E-state index in [1.54, 1.807) is 12.3 Å². The summed E-state index contributed by atoms with van der Waals surface area (Å²) in [4.78, 5) is 18.8. The van der Waals surface area contributed by atoms with Crippen LogP contribution in [0.2, 0.25) is 0 Å². The van der Waals surface area contributed by atoms with Crippen LogP contribution >= 0.6 is 0 Å². The summed E-state index contributed by atoms with van der Waals surface area (Å²) in [6.07, 6.45) is 2.45. The van der Waals surface area contributed by atoms with E-state index in [4.69, 9.17) is 10.00 Å². The van der Waals surface area contributed by atoms with Crippen molar-refractivity contribution in [3.8, 4) is 17.5 Å². The van der Waals surface area contributed by atoms with Crippen molar-refractivity contribution >= 4 is 5.97 Å². The van der Waals surface area contributed by atoms with E-state index in [1.807, 2.05) is 24.3 Å². The average molecular weight is 241 g/mol. The molecule has 1 unspecified atom stereocenters. The van der Waals surface area contributed by atoms with E-state index in [1.165, 1.54) is 13.1 Å². The van der Waals surface area contributed by atoms with Crippen molar-refractivity contribution in [2.24, 2.45) is 0 Å². The Morgan fingerprint density at radius 2 is 2.39 bits per heavy atom. The third kappa shape index (κ3) is 2.55. The molecule has 0 radical (unpaired) electrons. The number of rotatable bonds is 3. The number of nitrogens with zero attached hydrogens (tertiary/aromatic N) is 2. The summed E-state index contributed by atoms with van der Waals surface area (Å²) in [5.74, 6) is -0.525. The third-order valence-electron chi connectivity index (χ3n) is 2.33. The maximum Gasteiger partial charge on any atom is 0.340 e. The number of aromatic amines is 1. The van der Waals surface area contributed by atoms with Crippen LogP contribution in [0, 0.1) is 11.3 Å². The predicted molar refractivity (Wildman–Crippen MR) is 64.5 cm³/mol. The number of hydrogen-bond acceptors (Lipinski definition) is 4. The van der Waals surface area contributed by atoms with Crippen LogP contribution in [0.4, 0.5) is 0 Å². The summed E-state index contributed by atoms with van der Waals surface area (Å²) in [6.45, 7) is 1.52. The van der Waals surface area contributed by atoms with Gasteiger partial charge in [-0.2, -0.15) is 5.26 Å². The van der Waals surface area contributed by atoms with Crippen LogP contribution in [0.5, 0.6) is 0 Å². The van der Waals surface area contributed by atoms with Crippen molar-refractivity contribution < 1.29 is 9.53 Å². The van der Waals surface area contributed by atoms with Gasteiger partial charge < -0.3 is 9.72 Å². The van der Waals surface area contributed by atoms with Gasteiger partial charge in [0, 0.05) is 12.4 Å². The first kappa shape index (κ1) is 11.9. The molecule has 5 heteroatoms. The molecule has 0 saturated carbocycles. The zero-order valence-corrected chi connectivity index (χ0v) is 9.75. The van der Waals surface area contributed by atoms with E-state index in [0.29, 0.717) is 5.56 Å². The Morgan fingerprint density at radius 3 is 3.06 bits per heavy atom. The van der Waals surface area contributed by atoms with Crippen molar-refractivity contribution in [2.45, 2.75) is 13.0 Å².